The van der Waals surface area contributed by atoms with Crippen molar-refractivity contribution in [1.29, 1.82) is 0 Å². The highest BCUT2D eigenvalue weighted by molar-refractivity contribution is 5.97. The fourth-order valence-corrected chi connectivity index (χ4v) is 5.39. The first-order valence-electron chi connectivity index (χ1n) is 11.9. The monoisotopic (exact) mass is 461 g/mol. The predicted octanol–water partition coefficient (Wildman–Crippen LogP) is 3.92. The molecule has 5 rings (SSSR count). The van der Waals surface area contributed by atoms with Crippen LogP contribution in [0.25, 0.3) is 10.9 Å². The molecule has 0 saturated carbocycles. The molecule has 0 aliphatic carbocycles. The van der Waals surface area contributed by atoms with Crippen LogP contribution < -0.4 is 9.47 Å². The zero-order valence-electron chi connectivity index (χ0n) is 20.1. The second kappa shape index (κ2) is 8.70. The van der Waals surface area contributed by atoms with Crippen LogP contribution in [0.5, 0.6) is 11.5 Å². The molecule has 2 amide bonds. The van der Waals surface area contributed by atoms with Gasteiger partial charge in [-0.2, -0.15) is 0 Å². The Morgan fingerprint density at radius 2 is 1.91 bits per heavy atom. The maximum Gasteiger partial charge on any atom is 0.246 e. The maximum atomic E-state index is 13.6. The molecule has 2 aromatic carbocycles. The number of amides is 2. The number of rotatable bonds is 6. The highest BCUT2D eigenvalue weighted by atomic mass is 16.5. The Balaban J connectivity index is 1.67. The molecule has 2 aliphatic rings. The van der Waals surface area contributed by atoms with Gasteiger partial charge in [-0.25, -0.2) is 0 Å². The second-order valence-corrected chi connectivity index (χ2v) is 9.44. The molecular formula is C27H31N3O4. The van der Waals surface area contributed by atoms with E-state index in [1.54, 1.807) is 16.9 Å². The van der Waals surface area contributed by atoms with Crippen LogP contribution in [0, 0.1) is 5.92 Å². The summed E-state index contributed by atoms with van der Waals surface area (Å²) in [5.41, 5.74) is 3.95. The molecule has 3 aromatic rings. The lowest BCUT2D eigenvalue weighted by molar-refractivity contribution is -0.159. The molecule has 0 radical (unpaired) electrons. The summed E-state index contributed by atoms with van der Waals surface area (Å²) in [5, 5.41) is 1.10. The summed E-state index contributed by atoms with van der Waals surface area (Å²) >= 11 is 0. The van der Waals surface area contributed by atoms with E-state index in [-0.39, 0.29) is 18.4 Å². The quantitative estimate of drug-likeness (QED) is 0.604. The number of H-pyrrole nitrogens is 1. The van der Waals surface area contributed by atoms with Crippen LogP contribution in [0.15, 0.2) is 42.5 Å². The van der Waals surface area contributed by atoms with Crippen LogP contribution in [0.3, 0.4) is 0 Å². The standard InChI is InChI=1S/C27H31N3O4/c1-5-34-22-11-10-17(12-23(22)33-4)26-25-19(18-8-6-7-9-20(18)28-25)13-21-27(32)29(14-16(2)3)15-24(31)30(21)26/h6-12,16,21,26,28H,5,13-15H2,1-4H3/t21-,26-/m0/s1. The van der Waals surface area contributed by atoms with Crippen molar-refractivity contribution in [1.82, 2.24) is 14.8 Å². The van der Waals surface area contributed by atoms with E-state index in [4.69, 9.17) is 9.47 Å². The van der Waals surface area contributed by atoms with Crippen molar-refractivity contribution in [2.75, 3.05) is 26.8 Å². The van der Waals surface area contributed by atoms with Gasteiger partial charge < -0.3 is 24.3 Å². The molecule has 34 heavy (non-hydrogen) atoms. The van der Waals surface area contributed by atoms with Crippen molar-refractivity contribution in [3.63, 3.8) is 0 Å². The smallest absolute Gasteiger partial charge is 0.246 e. The van der Waals surface area contributed by atoms with E-state index in [1.807, 2.05) is 43.3 Å². The molecule has 1 saturated heterocycles. The number of benzene rings is 2. The lowest BCUT2D eigenvalue weighted by atomic mass is 9.86. The van der Waals surface area contributed by atoms with Crippen molar-refractivity contribution in [3.8, 4) is 11.5 Å². The van der Waals surface area contributed by atoms with E-state index >= 15 is 0 Å². The maximum absolute atomic E-state index is 13.6. The summed E-state index contributed by atoms with van der Waals surface area (Å²) < 4.78 is 11.3. The van der Waals surface area contributed by atoms with Gasteiger partial charge in [0.2, 0.25) is 11.8 Å². The molecule has 1 N–H and O–H groups in total. The Morgan fingerprint density at radius 3 is 2.65 bits per heavy atom. The molecule has 178 valence electrons. The number of methoxy groups -OCH3 is 1. The molecule has 1 fully saturated rings. The van der Waals surface area contributed by atoms with Gasteiger partial charge in [0.15, 0.2) is 11.5 Å². The van der Waals surface area contributed by atoms with Crippen molar-refractivity contribution in [3.05, 3.63) is 59.3 Å². The second-order valence-electron chi connectivity index (χ2n) is 9.44. The van der Waals surface area contributed by atoms with Gasteiger partial charge in [0, 0.05) is 29.6 Å². The van der Waals surface area contributed by atoms with Gasteiger partial charge in [-0.1, -0.05) is 38.1 Å². The van der Waals surface area contributed by atoms with Crippen molar-refractivity contribution < 1.29 is 19.1 Å². The average Bonchev–Trinajstić information content (AvgIpc) is 3.19. The Kier molecular flexibility index (Phi) is 5.71. The van der Waals surface area contributed by atoms with Crippen LogP contribution in [0.2, 0.25) is 0 Å². The number of fused-ring (bicyclic) bond motifs is 4. The zero-order valence-corrected chi connectivity index (χ0v) is 20.1. The van der Waals surface area contributed by atoms with Gasteiger partial charge in [0.25, 0.3) is 0 Å². The Morgan fingerprint density at radius 1 is 1.12 bits per heavy atom. The molecule has 0 unspecified atom stereocenters. The third-order valence-electron chi connectivity index (χ3n) is 6.73. The lowest BCUT2D eigenvalue weighted by Crippen LogP contribution is -2.63. The van der Waals surface area contributed by atoms with Crippen LogP contribution in [0.1, 0.15) is 43.6 Å². The van der Waals surface area contributed by atoms with Gasteiger partial charge in [0.1, 0.15) is 6.04 Å². The number of hydrogen-bond acceptors (Lipinski definition) is 4. The van der Waals surface area contributed by atoms with Gasteiger partial charge in [0.05, 0.1) is 26.3 Å². The zero-order chi connectivity index (χ0) is 24.0. The van der Waals surface area contributed by atoms with E-state index in [0.29, 0.717) is 37.0 Å². The first-order valence-corrected chi connectivity index (χ1v) is 11.9. The number of piperazine rings is 1. The number of para-hydroxylation sites is 1. The van der Waals surface area contributed by atoms with E-state index in [9.17, 15) is 9.59 Å². The number of aromatic nitrogens is 1. The first-order chi connectivity index (χ1) is 16.4. The average molecular weight is 462 g/mol. The molecule has 0 bridgehead atoms. The van der Waals surface area contributed by atoms with Crippen LogP contribution in [-0.4, -0.2) is 59.4 Å². The van der Waals surface area contributed by atoms with E-state index in [1.165, 1.54) is 0 Å². The van der Waals surface area contributed by atoms with Crippen LogP contribution in [0.4, 0.5) is 0 Å². The third kappa shape index (κ3) is 3.59. The van der Waals surface area contributed by atoms with E-state index in [2.05, 4.69) is 24.9 Å². The summed E-state index contributed by atoms with van der Waals surface area (Å²) in [6.45, 7) is 7.27. The number of ether oxygens (including phenoxy) is 2. The van der Waals surface area contributed by atoms with Crippen molar-refractivity contribution in [2.45, 2.75) is 39.3 Å². The summed E-state index contributed by atoms with van der Waals surface area (Å²) in [5.74, 6) is 1.54. The Hall–Kier alpha value is -3.48. The van der Waals surface area contributed by atoms with Gasteiger partial charge in [-0.05, 0) is 42.2 Å². The van der Waals surface area contributed by atoms with Gasteiger partial charge >= 0.3 is 0 Å². The molecule has 2 atom stereocenters. The molecule has 7 nitrogen and oxygen atoms in total. The lowest BCUT2D eigenvalue weighted by Gasteiger charge is -2.47. The summed E-state index contributed by atoms with van der Waals surface area (Å²) in [6.07, 6.45) is 0.503. The topological polar surface area (TPSA) is 74.9 Å². The largest absolute Gasteiger partial charge is 0.493 e. The number of aromatic amines is 1. The molecule has 2 aliphatic heterocycles. The third-order valence-corrected chi connectivity index (χ3v) is 6.73. The van der Waals surface area contributed by atoms with Crippen LogP contribution in [-0.2, 0) is 16.0 Å². The first kappa shape index (κ1) is 22.3. The number of nitrogens with zero attached hydrogens (tertiary/aromatic N) is 2. The predicted molar refractivity (Wildman–Crippen MR) is 130 cm³/mol. The van der Waals surface area contributed by atoms with Gasteiger partial charge in [-0.15, -0.1) is 0 Å². The number of carbonyl (C=O) groups is 2. The van der Waals surface area contributed by atoms with Crippen LogP contribution >= 0.6 is 0 Å². The normalized spacial score (nSPS) is 20.0. The highest BCUT2D eigenvalue weighted by Gasteiger charge is 2.48. The van der Waals surface area contributed by atoms with E-state index in [0.717, 1.165) is 27.7 Å². The summed E-state index contributed by atoms with van der Waals surface area (Å²) in [7, 11) is 1.61. The minimum Gasteiger partial charge on any atom is -0.493 e. The fraction of sp³-hybridized carbons (Fsp3) is 0.407. The van der Waals surface area contributed by atoms with Crippen molar-refractivity contribution >= 4 is 22.7 Å². The van der Waals surface area contributed by atoms with E-state index < -0.39 is 12.1 Å². The molecule has 3 heterocycles. The molecule has 7 heteroatoms. The van der Waals surface area contributed by atoms with Crippen molar-refractivity contribution in [2.24, 2.45) is 5.92 Å². The Bertz CT molecular complexity index is 1250. The summed E-state index contributed by atoms with van der Waals surface area (Å²) in [6, 6.07) is 12.9. The molecular weight excluding hydrogens is 430 g/mol. The SMILES string of the molecule is CCOc1ccc([C@H]2c3[nH]c4ccccc4c3C[C@H]3C(=O)N(CC(C)C)CC(=O)N23)cc1OC. The number of hydrogen-bond donors (Lipinski definition) is 1. The summed E-state index contributed by atoms with van der Waals surface area (Å²) in [4.78, 5) is 34.3. The molecule has 1 aromatic heterocycles. The Labute approximate surface area is 199 Å². The fourth-order valence-electron chi connectivity index (χ4n) is 5.39. The minimum atomic E-state index is -0.533. The minimum absolute atomic E-state index is 0.0205. The number of nitrogens with one attached hydrogen (secondary N) is 1. The highest BCUT2D eigenvalue weighted by Crippen LogP contribution is 2.44. The number of carbonyl (C=O) groups excluding carboxylic acids is 2. The molecule has 0 spiro atoms. The van der Waals surface area contributed by atoms with Gasteiger partial charge in [-0.3, -0.25) is 9.59 Å².